The Bertz CT molecular complexity index is 1480. The Balaban J connectivity index is 1.23. The molecule has 1 saturated heterocycles. The molecule has 39 heavy (non-hydrogen) atoms. The van der Waals surface area contributed by atoms with Gasteiger partial charge in [-0.2, -0.15) is 0 Å². The molecular weight excluding hydrogens is 544 g/mol. The van der Waals surface area contributed by atoms with Gasteiger partial charge in [0.15, 0.2) is 23.0 Å². The number of amides is 3. The Morgan fingerprint density at radius 1 is 1.05 bits per heavy atom. The van der Waals surface area contributed by atoms with Crippen LogP contribution >= 0.6 is 23.4 Å². The first-order valence-electron chi connectivity index (χ1n) is 11.9. The molecular formula is C28H23ClN2O7S. The molecule has 1 N–H and O–H groups in total. The fourth-order valence-corrected chi connectivity index (χ4v) is 4.95. The van der Waals surface area contributed by atoms with Gasteiger partial charge in [-0.1, -0.05) is 35.9 Å². The van der Waals surface area contributed by atoms with Crippen molar-refractivity contribution in [3.8, 4) is 23.0 Å². The van der Waals surface area contributed by atoms with Gasteiger partial charge >= 0.3 is 0 Å². The van der Waals surface area contributed by atoms with Crippen LogP contribution in [0.3, 0.4) is 0 Å². The van der Waals surface area contributed by atoms with E-state index in [9.17, 15) is 14.4 Å². The molecule has 200 valence electrons. The molecule has 5 rings (SSSR count). The number of fused-ring (bicyclic) bond motifs is 1. The lowest BCUT2D eigenvalue weighted by atomic mass is 10.1. The fraction of sp³-hybridized carbons (Fsp3) is 0.179. The second kappa shape index (κ2) is 11.7. The number of thioether (sulfide) groups is 1. The van der Waals surface area contributed by atoms with Crippen molar-refractivity contribution in [2.75, 3.05) is 32.2 Å². The molecule has 0 aromatic heterocycles. The number of benzene rings is 3. The average molecular weight is 567 g/mol. The zero-order chi connectivity index (χ0) is 27.4. The van der Waals surface area contributed by atoms with Gasteiger partial charge in [-0.15, -0.1) is 0 Å². The van der Waals surface area contributed by atoms with Crippen molar-refractivity contribution >= 4 is 52.2 Å². The molecule has 2 aliphatic heterocycles. The monoisotopic (exact) mass is 566 g/mol. The molecule has 0 radical (unpaired) electrons. The summed E-state index contributed by atoms with van der Waals surface area (Å²) in [6.45, 7) is 0.703. The summed E-state index contributed by atoms with van der Waals surface area (Å²) >= 11 is 6.97. The molecule has 1 fully saturated rings. The number of nitrogens with zero attached hydrogens (tertiary/aromatic N) is 1. The average Bonchev–Trinajstić information content (AvgIpc) is 3.20. The van der Waals surface area contributed by atoms with Crippen molar-refractivity contribution in [3.63, 3.8) is 0 Å². The van der Waals surface area contributed by atoms with E-state index in [4.69, 9.17) is 30.5 Å². The number of hydrogen-bond acceptors (Lipinski definition) is 8. The molecule has 0 atom stereocenters. The maximum atomic E-state index is 12.9. The highest BCUT2D eigenvalue weighted by Crippen LogP contribution is 2.36. The van der Waals surface area contributed by atoms with Gasteiger partial charge in [-0.05, 0) is 53.7 Å². The van der Waals surface area contributed by atoms with Crippen LogP contribution < -0.4 is 24.3 Å². The lowest BCUT2D eigenvalue weighted by Crippen LogP contribution is -2.36. The molecule has 2 aliphatic rings. The summed E-state index contributed by atoms with van der Waals surface area (Å²) in [6.07, 6.45) is 1.57. The van der Waals surface area contributed by atoms with Gasteiger partial charge in [0, 0.05) is 22.3 Å². The highest BCUT2D eigenvalue weighted by Gasteiger charge is 2.36. The van der Waals surface area contributed by atoms with Crippen molar-refractivity contribution in [2.45, 2.75) is 6.61 Å². The maximum Gasteiger partial charge on any atom is 0.294 e. The summed E-state index contributed by atoms with van der Waals surface area (Å²) in [5.74, 6) is 0.987. The molecule has 0 unspecified atom stereocenters. The summed E-state index contributed by atoms with van der Waals surface area (Å²) < 4.78 is 22.3. The number of anilines is 1. The van der Waals surface area contributed by atoms with E-state index in [1.54, 1.807) is 48.5 Å². The number of halogens is 1. The second-order valence-corrected chi connectivity index (χ2v) is 9.87. The third-order valence-corrected chi connectivity index (χ3v) is 7.10. The van der Waals surface area contributed by atoms with Gasteiger partial charge in [0.25, 0.3) is 11.1 Å². The largest absolute Gasteiger partial charge is 0.493 e. The van der Waals surface area contributed by atoms with E-state index in [-0.39, 0.29) is 11.5 Å². The molecule has 0 spiro atoms. The van der Waals surface area contributed by atoms with Crippen LogP contribution in [0.1, 0.15) is 11.1 Å². The Labute approximate surface area is 233 Å². The number of nitrogens with one attached hydrogen (secondary N) is 1. The van der Waals surface area contributed by atoms with E-state index in [2.05, 4.69) is 5.32 Å². The minimum absolute atomic E-state index is 0.193. The Hall–Kier alpha value is -4.15. The standard InChI is InChI=1S/C28H23ClN2O7S/c1-35-23-12-17(6-8-21(23)38-16-18-4-2-3-5-20(18)29)13-25-27(33)31(28(34)39-25)15-26(32)30-19-7-9-22-24(14-19)37-11-10-36-22/h2-9,12-14H,10-11,15-16H2,1H3,(H,30,32)/b25-13+. The van der Waals surface area contributed by atoms with Crippen LogP contribution in [-0.4, -0.2) is 48.8 Å². The van der Waals surface area contributed by atoms with Crippen LogP contribution in [0.4, 0.5) is 10.5 Å². The normalized spacial score (nSPS) is 15.4. The van der Waals surface area contributed by atoms with Crippen LogP contribution in [0.15, 0.2) is 65.6 Å². The third kappa shape index (κ3) is 6.13. The molecule has 2 heterocycles. The summed E-state index contributed by atoms with van der Waals surface area (Å²) in [6, 6.07) is 17.5. The first kappa shape index (κ1) is 26.5. The minimum atomic E-state index is -0.555. The number of methoxy groups -OCH3 is 1. The van der Waals surface area contributed by atoms with E-state index in [0.29, 0.717) is 52.5 Å². The van der Waals surface area contributed by atoms with Gasteiger partial charge in [0.1, 0.15) is 26.4 Å². The van der Waals surface area contributed by atoms with Gasteiger partial charge < -0.3 is 24.3 Å². The summed E-state index contributed by atoms with van der Waals surface area (Å²) in [5.41, 5.74) is 1.93. The highest BCUT2D eigenvalue weighted by molar-refractivity contribution is 8.18. The Morgan fingerprint density at radius 2 is 1.85 bits per heavy atom. The van der Waals surface area contributed by atoms with Crippen molar-refractivity contribution in [3.05, 3.63) is 81.7 Å². The topological polar surface area (TPSA) is 103 Å². The number of carbonyl (C=O) groups is 3. The van der Waals surface area contributed by atoms with Crippen LogP contribution in [0.25, 0.3) is 6.08 Å². The molecule has 3 amide bonds. The molecule has 0 saturated carbocycles. The smallest absolute Gasteiger partial charge is 0.294 e. The lowest BCUT2D eigenvalue weighted by Gasteiger charge is -2.19. The quantitative estimate of drug-likeness (QED) is 0.363. The van der Waals surface area contributed by atoms with Gasteiger partial charge in [0.05, 0.1) is 12.0 Å². The first-order chi connectivity index (χ1) is 18.9. The van der Waals surface area contributed by atoms with Crippen molar-refractivity contribution in [1.29, 1.82) is 0 Å². The molecule has 9 nitrogen and oxygen atoms in total. The number of ether oxygens (including phenoxy) is 4. The zero-order valence-electron chi connectivity index (χ0n) is 20.8. The number of carbonyl (C=O) groups excluding carboxylic acids is 3. The minimum Gasteiger partial charge on any atom is -0.493 e. The highest BCUT2D eigenvalue weighted by atomic mass is 35.5. The van der Waals surface area contributed by atoms with Crippen molar-refractivity contribution in [2.24, 2.45) is 0 Å². The predicted octanol–water partition coefficient (Wildman–Crippen LogP) is 5.37. The van der Waals surface area contributed by atoms with Gasteiger partial charge in [-0.25, -0.2) is 0 Å². The van der Waals surface area contributed by atoms with E-state index in [1.165, 1.54) is 7.11 Å². The Kier molecular flexibility index (Phi) is 7.94. The molecule has 3 aromatic carbocycles. The number of hydrogen-bond donors (Lipinski definition) is 1. The predicted molar refractivity (Wildman–Crippen MR) is 148 cm³/mol. The summed E-state index contributed by atoms with van der Waals surface area (Å²) in [5, 5.41) is 2.75. The number of rotatable bonds is 8. The summed E-state index contributed by atoms with van der Waals surface area (Å²) in [4.78, 5) is 39.2. The molecule has 0 bridgehead atoms. The van der Waals surface area contributed by atoms with Crippen LogP contribution in [0, 0.1) is 0 Å². The summed E-state index contributed by atoms with van der Waals surface area (Å²) in [7, 11) is 1.51. The second-order valence-electron chi connectivity index (χ2n) is 8.46. The van der Waals surface area contributed by atoms with E-state index in [1.807, 2.05) is 18.2 Å². The fourth-order valence-electron chi connectivity index (χ4n) is 3.92. The number of imide groups is 1. The molecule has 0 aliphatic carbocycles. The zero-order valence-corrected chi connectivity index (χ0v) is 22.3. The van der Waals surface area contributed by atoms with Crippen LogP contribution in [0.2, 0.25) is 5.02 Å². The van der Waals surface area contributed by atoms with Crippen molar-refractivity contribution in [1.82, 2.24) is 4.90 Å². The lowest BCUT2D eigenvalue weighted by molar-refractivity contribution is -0.127. The van der Waals surface area contributed by atoms with Crippen molar-refractivity contribution < 1.29 is 33.3 Å². The van der Waals surface area contributed by atoms with Gasteiger partial charge in [-0.3, -0.25) is 19.3 Å². The third-order valence-electron chi connectivity index (χ3n) is 5.83. The van der Waals surface area contributed by atoms with Crippen LogP contribution in [-0.2, 0) is 16.2 Å². The van der Waals surface area contributed by atoms with Gasteiger partial charge in [0.2, 0.25) is 5.91 Å². The van der Waals surface area contributed by atoms with E-state index < -0.39 is 23.6 Å². The first-order valence-corrected chi connectivity index (χ1v) is 13.1. The van der Waals surface area contributed by atoms with E-state index >= 15 is 0 Å². The molecule has 11 heteroatoms. The van der Waals surface area contributed by atoms with Crippen LogP contribution in [0.5, 0.6) is 23.0 Å². The maximum absolute atomic E-state index is 12.9. The SMILES string of the molecule is COc1cc(/C=C2/SC(=O)N(CC(=O)Nc3ccc4c(c3)OCCO4)C2=O)ccc1OCc1ccccc1Cl. The van der Waals surface area contributed by atoms with E-state index in [0.717, 1.165) is 22.2 Å². The molecule has 3 aromatic rings. The Morgan fingerprint density at radius 3 is 2.64 bits per heavy atom.